The summed E-state index contributed by atoms with van der Waals surface area (Å²) in [4.78, 5) is 13.8. The highest BCUT2D eigenvalue weighted by Crippen LogP contribution is 2.12. The van der Waals surface area contributed by atoms with Crippen LogP contribution in [0, 0.1) is 0 Å². The number of nitrogens with two attached hydrogens (primary N) is 1. The van der Waals surface area contributed by atoms with E-state index in [0.29, 0.717) is 19.5 Å². The Morgan fingerprint density at radius 1 is 1.42 bits per heavy atom. The summed E-state index contributed by atoms with van der Waals surface area (Å²) in [5.74, 6) is -0.0578. The summed E-state index contributed by atoms with van der Waals surface area (Å²) in [7, 11) is 0. The summed E-state index contributed by atoms with van der Waals surface area (Å²) in [5.41, 5.74) is 7.02. The molecular weight excluding hydrogens is 264 g/mol. The summed E-state index contributed by atoms with van der Waals surface area (Å²) in [5, 5.41) is 9.57. The number of hydrogen-bond acceptors (Lipinski definition) is 3. The van der Waals surface area contributed by atoms with Crippen LogP contribution in [-0.4, -0.2) is 41.1 Å². The van der Waals surface area contributed by atoms with Gasteiger partial charge in [-0.3, -0.25) is 4.79 Å². The van der Waals surface area contributed by atoms with Crippen LogP contribution < -0.4 is 5.73 Å². The van der Waals surface area contributed by atoms with E-state index in [9.17, 15) is 9.90 Å². The molecule has 1 saturated heterocycles. The number of nitrogens with zero attached hydrogens (tertiary/aromatic N) is 1. The van der Waals surface area contributed by atoms with E-state index >= 15 is 0 Å². The maximum atomic E-state index is 12.1. The van der Waals surface area contributed by atoms with Crippen LogP contribution in [0.15, 0.2) is 30.3 Å². The zero-order chi connectivity index (χ0) is 13.0. The fourth-order valence-electron chi connectivity index (χ4n) is 2.34. The molecule has 1 aliphatic rings. The van der Waals surface area contributed by atoms with Crippen LogP contribution in [0.1, 0.15) is 18.4 Å². The molecule has 106 valence electrons. The van der Waals surface area contributed by atoms with Crippen molar-refractivity contribution in [1.29, 1.82) is 0 Å². The van der Waals surface area contributed by atoms with E-state index in [0.717, 1.165) is 18.4 Å². The molecule has 0 aliphatic carbocycles. The zero-order valence-electron chi connectivity index (χ0n) is 10.9. The van der Waals surface area contributed by atoms with E-state index in [1.54, 1.807) is 4.90 Å². The maximum Gasteiger partial charge on any atom is 0.239 e. The van der Waals surface area contributed by atoms with E-state index in [1.807, 2.05) is 30.3 Å². The Labute approximate surface area is 120 Å². The second-order valence-electron chi connectivity index (χ2n) is 4.88. The Bertz CT molecular complexity index is 400. The minimum Gasteiger partial charge on any atom is -0.391 e. The molecule has 1 aromatic carbocycles. The van der Waals surface area contributed by atoms with Crippen molar-refractivity contribution in [1.82, 2.24) is 4.90 Å². The summed E-state index contributed by atoms with van der Waals surface area (Å²) < 4.78 is 0. The molecule has 0 bridgehead atoms. The van der Waals surface area contributed by atoms with Crippen molar-refractivity contribution in [2.24, 2.45) is 5.73 Å². The van der Waals surface area contributed by atoms with Gasteiger partial charge in [0.05, 0.1) is 12.1 Å². The molecule has 2 rings (SSSR count). The first kappa shape index (κ1) is 16.0. The average molecular weight is 285 g/mol. The van der Waals surface area contributed by atoms with Crippen molar-refractivity contribution in [3.63, 3.8) is 0 Å². The van der Waals surface area contributed by atoms with Gasteiger partial charge in [0.15, 0.2) is 0 Å². The van der Waals surface area contributed by atoms with Crippen molar-refractivity contribution < 1.29 is 9.90 Å². The van der Waals surface area contributed by atoms with Crippen LogP contribution in [0.4, 0.5) is 0 Å². The Kier molecular flexibility index (Phi) is 6.28. The molecule has 0 radical (unpaired) electrons. The second-order valence-corrected chi connectivity index (χ2v) is 4.88. The monoisotopic (exact) mass is 284 g/mol. The van der Waals surface area contributed by atoms with E-state index in [-0.39, 0.29) is 18.3 Å². The van der Waals surface area contributed by atoms with Gasteiger partial charge in [-0.25, -0.2) is 0 Å². The van der Waals surface area contributed by atoms with E-state index in [4.69, 9.17) is 5.73 Å². The van der Waals surface area contributed by atoms with Crippen molar-refractivity contribution in [2.45, 2.75) is 31.4 Å². The molecule has 1 amide bonds. The Morgan fingerprint density at radius 2 is 2.11 bits per heavy atom. The summed E-state index contributed by atoms with van der Waals surface area (Å²) in [6.45, 7) is 1.12. The predicted octanol–water partition coefficient (Wildman–Crippen LogP) is 0.962. The fourth-order valence-corrected chi connectivity index (χ4v) is 2.34. The van der Waals surface area contributed by atoms with Gasteiger partial charge in [0.2, 0.25) is 5.91 Å². The van der Waals surface area contributed by atoms with Crippen LogP contribution in [-0.2, 0) is 11.2 Å². The lowest BCUT2D eigenvalue weighted by atomic mass is 10.0. The number of rotatable bonds is 3. The molecule has 1 aromatic rings. The third kappa shape index (κ3) is 4.49. The Morgan fingerprint density at radius 3 is 2.74 bits per heavy atom. The molecule has 5 heteroatoms. The van der Waals surface area contributed by atoms with Gasteiger partial charge in [-0.2, -0.15) is 0 Å². The topological polar surface area (TPSA) is 66.6 Å². The van der Waals surface area contributed by atoms with Gasteiger partial charge in [0.1, 0.15) is 0 Å². The van der Waals surface area contributed by atoms with E-state index in [2.05, 4.69) is 0 Å². The number of halogens is 1. The summed E-state index contributed by atoms with van der Waals surface area (Å²) >= 11 is 0. The second kappa shape index (κ2) is 7.48. The maximum absolute atomic E-state index is 12.1. The van der Waals surface area contributed by atoms with Crippen molar-refractivity contribution in [3.8, 4) is 0 Å². The third-order valence-electron chi connectivity index (χ3n) is 3.32. The molecule has 1 fully saturated rings. The van der Waals surface area contributed by atoms with Crippen molar-refractivity contribution in [2.75, 3.05) is 13.1 Å². The number of carbonyl (C=O) groups is 1. The van der Waals surface area contributed by atoms with Gasteiger partial charge < -0.3 is 15.7 Å². The highest BCUT2D eigenvalue weighted by Gasteiger charge is 2.25. The van der Waals surface area contributed by atoms with Crippen molar-refractivity contribution in [3.05, 3.63) is 35.9 Å². The first-order valence-corrected chi connectivity index (χ1v) is 6.43. The number of amides is 1. The number of benzene rings is 1. The molecule has 2 atom stereocenters. The molecule has 0 aromatic heterocycles. The molecule has 1 unspecified atom stereocenters. The lowest BCUT2D eigenvalue weighted by molar-refractivity contribution is -0.135. The third-order valence-corrected chi connectivity index (χ3v) is 3.32. The normalized spacial score (nSPS) is 20.5. The van der Waals surface area contributed by atoms with Gasteiger partial charge in [0.25, 0.3) is 0 Å². The molecule has 0 saturated carbocycles. The average Bonchev–Trinajstić information content (AvgIpc) is 2.39. The quantitative estimate of drug-likeness (QED) is 0.869. The number of aliphatic hydroxyl groups is 1. The number of aliphatic hydroxyl groups excluding tert-OH is 1. The highest BCUT2D eigenvalue weighted by molar-refractivity contribution is 5.85. The Balaban J connectivity index is 0.00000180. The molecule has 4 nitrogen and oxygen atoms in total. The molecular formula is C14H21ClN2O2. The number of carbonyl (C=O) groups excluding carboxylic acids is 1. The Hall–Kier alpha value is -1.10. The van der Waals surface area contributed by atoms with Gasteiger partial charge in [-0.15, -0.1) is 12.4 Å². The predicted molar refractivity (Wildman–Crippen MR) is 77.2 cm³/mol. The standard InChI is InChI=1S/C14H20N2O2.ClH/c15-13(9-11-5-2-1-3-6-11)14(18)16-8-4-7-12(17)10-16;/h1-3,5-6,12-13,17H,4,7-10,15H2;1H/t12?,13-;/m0./s1. The van der Waals surface area contributed by atoms with Gasteiger partial charge >= 0.3 is 0 Å². The summed E-state index contributed by atoms with van der Waals surface area (Å²) in [6, 6.07) is 9.25. The largest absolute Gasteiger partial charge is 0.391 e. The minimum atomic E-state index is -0.516. The van der Waals surface area contributed by atoms with Crippen LogP contribution in [0.2, 0.25) is 0 Å². The minimum absolute atomic E-state index is 0. The highest BCUT2D eigenvalue weighted by atomic mass is 35.5. The molecule has 19 heavy (non-hydrogen) atoms. The van der Waals surface area contributed by atoms with E-state index in [1.165, 1.54) is 0 Å². The lowest BCUT2D eigenvalue weighted by Crippen LogP contribution is -2.50. The van der Waals surface area contributed by atoms with Gasteiger partial charge in [-0.05, 0) is 24.8 Å². The van der Waals surface area contributed by atoms with Gasteiger partial charge in [0, 0.05) is 13.1 Å². The van der Waals surface area contributed by atoms with Crippen LogP contribution in [0.3, 0.4) is 0 Å². The van der Waals surface area contributed by atoms with Gasteiger partial charge in [-0.1, -0.05) is 30.3 Å². The first-order valence-electron chi connectivity index (χ1n) is 6.43. The lowest BCUT2D eigenvalue weighted by Gasteiger charge is -2.32. The van der Waals surface area contributed by atoms with E-state index < -0.39 is 12.1 Å². The molecule has 1 aliphatic heterocycles. The fraction of sp³-hybridized carbons (Fsp3) is 0.500. The van der Waals surface area contributed by atoms with Crippen LogP contribution in [0.25, 0.3) is 0 Å². The van der Waals surface area contributed by atoms with Crippen molar-refractivity contribution >= 4 is 18.3 Å². The number of β-amino-alcohol motifs (C(OH)–C–C–N with tert-alkyl or cyclic N) is 1. The number of piperidine rings is 1. The zero-order valence-corrected chi connectivity index (χ0v) is 11.7. The number of likely N-dealkylation sites (tertiary alicyclic amines) is 1. The number of hydrogen-bond donors (Lipinski definition) is 2. The molecule has 1 heterocycles. The summed E-state index contributed by atoms with van der Waals surface area (Å²) in [6.07, 6.45) is 1.78. The molecule has 3 N–H and O–H groups in total. The molecule has 0 spiro atoms. The smallest absolute Gasteiger partial charge is 0.239 e. The van der Waals surface area contributed by atoms with Crippen LogP contribution in [0.5, 0.6) is 0 Å². The van der Waals surface area contributed by atoms with Crippen LogP contribution >= 0.6 is 12.4 Å². The first-order chi connectivity index (χ1) is 8.66. The SMILES string of the molecule is Cl.N[C@@H](Cc1ccccc1)C(=O)N1CCCC(O)C1.